The molecule has 0 aliphatic rings. The first-order valence-corrected chi connectivity index (χ1v) is 10.3. The van der Waals surface area contributed by atoms with Gasteiger partial charge in [-0.15, -0.1) is 10.2 Å². The van der Waals surface area contributed by atoms with Crippen molar-refractivity contribution in [1.29, 1.82) is 0 Å². The van der Waals surface area contributed by atoms with E-state index in [1.165, 1.54) is 22.2 Å². The van der Waals surface area contributed by atoms with Crippen LogP contribution in [-0.4, -0.2) is 46.2 Å². The van der Waals surface area contributed by atoms with Gasteiger partial charge in [-0.3, -0.25) is 9.36 Å². The molecule has 6 nitrogen and oxygen atoms in total. The SMILES string of the molecule is CC[C@H](c1nnc(SCC(=O)OC(C)(C)C)n1Cc1ccccc1)[NH+](C)C. The maximum Gasteiger partial charge on any atom is 0.316 e. The van der Waals surface area contributed by atoms with Gasteiger partial charge in [0.05, 0.1) is 26.4 Å². The van der Waals surface area contributed by atoms with E-state index < -0.39 is 5.60 Å². The number of aromatic nitrogens is 3. The molecule has 27 heavy (non-hydrogen) atoms. The van der Waals surface area contributed by atoms with E-state index in [2.05, 4.69) is 47.9 Å². The number of thioether (sulfide) groups is 1. The van der Waals surface area contributed by atoms with Crippen LogP contribution in [0, 0.1) is 0 Å². The molecule has 0 saturated carbocycles. The summed E-state index contributed by atoms with van der Waals surface area (Å²) in [6, 6.07) is 10.5. The average molecular weight is 392 g/mol. The minimum absolute atomic E-state index is 0.218. The summed E-state index contributed by atoms with van der Waals surface area (Å²) in [5.41, 5.74) is 0.698. The highest BCUT2D eigenvalue weighted by Gasteiger charge is 2.26. The number of hydrogen-bond acceptors (Lipinski definition) is 5. The Kier molecular flexibility index (Phi) is 7.44. The Morgan fingerprint density at radius 2 is 1.89 bits per heavy atom. The second kappa shape index (κ2) is 9.37. The van der Waals surface area contributed by atoms with Crippen molar-refractivity contribution in [2.75, 3.05) is 19.8 Å². The number of carbonyl (C=O) groups excluding carboxylic acids is 1. The molecular formula is C20H31N4O2S+. The van der Waals surface area contributed by atoms with Gasteiger partial charge in [0, 0.05) is 6.42 Å². The number of ether oxygens (including phenoxy) is 1. The smallest absolute Gasteiger partial charge is 0.316 e. The van der Waals surface area contributed by atoms with Crippen LogP contribution in [0.2, 0.25) is 0 Å². The second-order valence-electron chi connectivity index (χ2n) is 7.83. The Bertz CT molecular complexity index is 738. The number of nitrogens with one attached hydrogen (secondary N) is 1. The number of quaternary nitrogens is 1. The number of hydrogen-bond donors (Lipinski definition) is 1. The molecule has 0 fully saturated rings. The molecule has 1 aromatic carbocycles. The Morgan fingerprint density at radius 1 is 1.22 bits per heavy atom. The number of benzene rings is 1. The van der Waals surface area contributed by atoms with Crippen LogP contribution in [0.4, 0.5) is 0 Å². The Hall–Kier alpha value is -1.86. The summed E-state index contributed by atoms with van der Waals surface area (Å²) in [7, 11) is 4.26. The first-order valence-electron chi connectivity index (χ1n) is 9.33. The zero-order chi connectivity index (χ0) is 20.0. The van der Waals surface area contributed by atoms with E-state index in [-0.39, 0.29) is 17.8 Å². The quantitative estimate of drug-likeness (QED) is 0.553. The maximum absolute atomic E-state index is 12.1. The van der Waals surface area contributed by atoms with Crippen LogP contribution in [0.15, 0.2) is 35.5 Å². The highest BCUT2D eigenvalue weighted by atomic mass is 32.2. The Morgan fingerprint density at radius 3 is 2.44 bits per heavy atom. The fraction of sp³-hybridized carbons (Fsp3) is 0.550. The van der Waals surface area contributed by atoms with E-state index in [0.717, 1.165) is 17.4 Å². The topological polar surface area (TPSA) is 61.4 Å². The van der Waals surface area contributed by atoms with Gasteiger partial charge in [-0.2, -0.15) is 0 Å². The van der Waals surface area contributed by atoms with Crippen molar-refractivity contribution in [2.24, 2.45) is 0 Å². The fourth-order valence-corrected chi connectivity index (χ4v) is 3.64. The van der Waals surface area contributed by atoms with Gasteiger partial charge in [-0.1, -0.05) is 49.0 Å². The zero-order valence-electron chi connectivity index (χ0n) is 17.2. The lowest BCUT2D eigenvalue weighted by Gasteiger charge is -2.21. The predicted octanol–water partition coefficient (Wildman–Crippen LogP) is 2.36. The molecule has 0 aliphatic carbocycles. The molecule has 0 aliphatic heterocycles. The van der Waals surface area contributed by atoms with Crippen molar-refractivity contribution in [1.82, 2.24) is 14.8 Å². The van der Waals surface area contributed by atoms with Gasteiger partial charge in [0.2, 0.25) is 0 Å². The van der Waals surface area contributed by atoms with E-state index >= 15 is 0 Å². The third-order valence-corrected chi connectivity index (χ3v) is 5.03. The van der Waals surface area contributed by atoms with Crippen LogP contribution in [0.1, 0.15) is 51.5 Å². The lowest BCUT2D eigenvalue weighted by atomic mass is 10.2. The molecule has 2 rings (SSSR count). The fourth-order valence-electron chi connectivity index (χ4n) is 2.92. The molecule has 1 atom stereocenters. The van der Waals surface area contributed by atoms with Crippen molar-refractivity contribution >= 4 is 17.7 Å². The monoisotopic (exact) mass is 391 g/mol. The van der Waals surface area contributed by atoms with Gasteiger partial charge in [-0.25, -0.2) is 0 Å². The summed E-state index contributed by atoms with van der Waals surface area (Å²) in [6.45, 7) is 8.46. The molecule has 0 spiro atoms. The van der Waals surface area contributed by atoms with Crippen molar-refractivity contribution in [2.45, 2.75) is 57.5 Å². The standard InChI is InChI=1S/C20H30N4O2S/c1-7-16(23(5)6)18-21-22-19(27-14-17(25)26-20(2,3)4)24(18)13-15-11-9-8-10-12-15/h8-12,16H,7,13-14H2,1-6H3/p+1/t16-/m1/s1. The average Bonchev–Trinajstić information content (AvgIpc) is 2.95. The van der Waals surface area contributed by atoms with Crippen molar-refractivity contribution < 1.29 is 14.4 Å². The minimum atomic E-state index is -0.484. The molecule has 1 N–H and O–H groups in total. The third-order valence-electron chi connectivity index (χ3n) is 4.08. The van der Waals surface area contributed by atoms with Gasteiger partial charge in [0.15, 0.2) is 11.0 Å². The molecule has 0 saturated heterocycles. The molecule has 0 radical (unpaired) electrons. The summed E-state index contributed by atoms with van der Waals surface area (Å²) in [4.78, 5) is 13.4. The summed E-state index contributed by atoms with van der Waals surface area (Å²) < 4.78 is 7.54. The number of carbonyl (C=O) groups is 1. The highest BCUT2D eigenvalue weighted by Crippen LogP contribution is 2.23. The summed E-state index contributed by atoms with van der Waals surface area (Å²) in [5.74, 6) is 0.928. The maximum atomic E-state index is 12.1. The third kappa shape index (κ3) is 6.36. The zero-order valence-corrected chi connectivity index (χ0v) is 18.0. The van der Waals surface area contributed by atoms with Crippen molar-refractivity contribution in [3.8, 4) is 0 Å². The van der Waals surface area contributed by atoms with E-state index in [9.17, 15) is 4.79 Å². The van der Waals surface area contributed by atoms with E-state index in [4.69, 9.17) is 4.74 Å². The van der Waals surface area contributed by atoms with E-state index in [1.54, 1.807) is 0 Å². The van der Waals surface area contributed by atoms with Crippen LogP contribution >= 0.6 is 11.8 Å². The van der Waals surface area contributed by atoms with Crippen LogP contribution in [-0.2, 0) is 16.1 Å². The lowest BCUT2D eigenvalue weighted by Crippen LogP contribution is -3.06. The Balaban J connectivity index is 2.25. The van der Waals surface area contributed by atoms with E-state index in [1.807, 2.05) is 39.0 Å². The lowest BCUT2D eigenvalue weighted by molar-refractivity contribution is -0.893. The van der Waals surface area contributed by atoms with Crippen LogP contribution in [0.3, 0.4) is 0 Å². The van der Waals surface area contributed by atoms with Crippen LogP contribution in [0.5, 0.6) is 0 Å². The van der Waals surface area contributed by atoms with Gasteiger partial charge < -0.3 is 9.64 Å². The predicted molar refractivity (Wildman–Crippen MR) is 108 cm³/mol. The van der Waals surface area contributed by atoms with Crippen molar-refractivity contribution in [3.05, 3.63) is 41.7 Å². The number of rotatable bonds is 8. The highest BCUT2D eigenvalue weighted by molar-refractivity contribution is 7.99. The van der Waals surface area contributed by atoms with Crippen LogP contribution < -0.4 is 4.90 Å². The molecule has 148 valence electrons. The molecule has 1 heterocycles. The second-order valence-corrected chi connectivity index (χ2v) is 8.77. The molecular weight excluding hydrogens is 360 g/mol. The van der Waals surface area contributed by atoms with Gasteiger partial charge in [-0.05, 0) is 26.3 Å². The van der Waals surface area contributed by atoms with Gasteiger partial charge >= 0.3 is 5.97 Å². The minimum Gasteiger partial charge on any atom is -0.459 e. The molecule has 2 aromatic rings. The largest absolute Gasteiger partial charge is 0.459 e. The molecule has 0 unspecified atom stereocenters. The first kappa shape index (κ1) is 21.4. The summed E-state index contributed by atoms with van der Waals surface area (Å²) >= 11 is 1.38. The van der Waals surface area contributed by atoms with Crippen molar-refractivity contribution in [3.63, 3.8) is 0 Å². The Labute approximate surface area is 166 Å². The summed E-state index contributed by atoms with van der Waals surface area (Å²) in [5, 5.41) is 9.61. The van der Waals surface area contributed by atoms with Gasteiger partial charge in [0.25, 0.3) is 0 Å². The molecule has 0 bridgehead atoms. The molecule has 1 aromatic heterocycles. The summed E-state index contributed by atoms with van der Waals surface area (Å²) in [6.07, 6.45) is 0.964. The van der Waals surface area contributed by atoms with Gasteiger partial charge in [0.1, 0.15) is 11.6 Å². The normalized spacial score (nSPS) is 13.0. The number of nitrogens with zero attached hydrogens (tertiary/aromatic N) is 3. The molecule has 7 heteroatoms. The first-order chi connectivity index (χ1) is 12.7. The van der Waals surface area contributed by atoms with Crippen LogP contribution in [0.25, 0.3) is 0 Å². The van der Waals surface area contributed by atoms with E-state index in [0.29, 0.717) is 6.54 Å². The molecule has 0 amide bonds. The number of esters is 1.